The number of hydrogen-bond acceptors (Lipinski definition) is 6. The van der Waals surface area contributed by atoms with E-state index in [0.29, 0.717) is 30.5 Å². The summed E-state index contributed by atoms with van der Waals surface area (Å²) < 4.78 is 22.7. The molecule has 0 fully saturated rings. The van der Waals surface area contributed by atoms with Crippen LogP contribution in [0.1, 0.15) is 38.0 Å². The highest BCUT2D eigenvalue weighted by atomic mass is 79.9. The van der Waals surface area contributed by atoms with Crippen molar-refractivity contribution >= 4 is 33.9 Å². The molecule has 0 saturated carbocycles. The summed E-state index contributed by atoms with van der Waals surface area (Å²) in [6.07, 6.45) is 5.14. The largest absolute Gasteiger partial charge is 0.490 e. The first-order valence-electron chi connectivity index (χ1n) is 8.78. The fourth-order valence-electron chi connectivity index (χ4n) is 2.47. The van der Waals surface area contributed by atoms with Crippen LogP contribution in [0.2, 0.25) is 0 Å². The third-order valence-electron chi connectivity index (χ3n) is 3.73. The van der Waals surface area contributed by atoms with Gasteiger partial charge in [-0.05, 0) is 65.2 Å². The number of ether oxygens (including phenoxy) is 3. The Balaban J connectivity index is 1.90. The first-order chi connectivity index (χ1) is 13.1. The van der Waals surface area contributed by atoms with Gasteiger partial charge in [-0.1, -0.05) is 13.3 Å². The average molecular weight is 434 g/mol. The summed E-state index contributed by atoms with van der Waals surface area (Å²) in [5, 5.41) is 0. The smallest absolute Gasteiger partial charge is 0.363 e. The summed E-state index contributed by atoms with van der Waals surface area (Å²) in [5.74, 6) is 1.29. The Morgan fingerprint density at radius 1 is 1.26 bits per heavy atom. The second kappa shape index (κ2) is 8.90. The molecule has 2 aromatic rings. The van der Waals surface area contributed by atoms with E-state index in [4.69, 9.17) is 18.6 Å². The lowest BCUT2D eigenvalue weighted by Gasteiger charge is -2.14. The number of aliphatic imine (C=N–C) groups is 1. The SMILES string of the molecule is CCCCOc1c(Br)cc(/C=C2\N=C(c3ccco3)OC2=O)cc1OCC. The standard InChI is InChI=1S/C20H20BrNO5/c1-3-5-8-26-18-14(21)10-13(12-17(18)24-4-2)11-15-20(23)27-19(22-15)16-7-6-9-25-16/h6-7,9-12H,3-5,8H2,1-2H3/b15-11-. The van der Waals surface area contributed by atoms with Gasteiger partial charge in [0, 0.05) is 0 Å². The van der Waals surface area contributed by atoms with Crippen LogP contribution in [0.5, 0.6) is 11.5 Å². The molecule has 6 nitrogen and oxygen atoms in total. The van der Waals surface area contributed by atoms with Gasteiger partial charge >= 0.3 is 5.97 Å². The summed E-state index contributed by atoms with van der Waals surface area (Å²) in [4.78, 5) is 16.3. The molecule has 1 aliphatic heterocycles. The number of unbranched alkanes of at least 4 members (excludes halogenated alkanes) is 1. The summed E-state index contributed by atoms with van der Waals surface area (Å²) in [6.45, 7) is 5.12. The zero-order valence-corrected chi connectivity index (χ0v) is 16.7. The minimum absolute atomic E-state index is 0.153. The van der Waals surface area contributed by atoms with E-state index in [1.807, 2.05) is 19.1 Å². The van der Waals surface area contributed by atoms with Crippen molar-refractivity contribution in [2.45, 2.75) is 26.7 Å². The van der Waals surface area contributed by atoms with E-state index in [1.54, 1.807) is 18.2 Å². The lowest BCUT2D eigenvalue weighted by Crippen LogP contribution is -2.04. The lowest BCUT2D eigenvalue weighted by atomic mass is 10.1. The molecule has 0 amide bonds. The van der Waals surface area contributed by atoms with E-state index in [0.717, 1.165) is 22.9 Å². The number of rotatable bonds is 8. The van der Waals surface area contributed by atoms with E-state index in [9.17, 15) is 4.79 Å². The quantitative estimate of drug-likeness (QED) is 0.334. The molecule has 0 spiro atoms. The van der Waals surface area contributed by atoms with Gasteiger partial charge in [0.15, 0.2) is 23.0 Å². The van der Waals surface area contributed by atoms with Gasteiger partial charge in [-0.25, -0.2) is 9.79 Å². The molecule has 0 unspecified atom stereocenters. The van der Waals surface area contributed by atoms with Crippen molar-refractivity contribution in [3.63, 3.8) is 0 Å². The van der Waals surface area contributed by atoms with E-state index in [-0.39, 0.29) is 11.6 Å². The molecule has 7 heteroatoms. The number of carbonyl (C=O) groups is 1. The summed E-state index contributed by atoms with van der Waals surface area (Å²) >= 11 is 3.53. The Labute approximate surface area is 166 Å². The highest BCUT2D eigenvalue weighted by Gasteiger charge is 2.26. The first-order valence-corrected chi connectivity index (χ1v) is 9.57. The van der Waals surface area contributed by atoms with Crippen molar-refractivity contribution in [1.82, 2.24) is 0 Å². The van der Waals surface area contributed by atoms with Crippen molar-refractivity contribution in [2.75, 3.05) is 13.2 Å². The van der Waals surface area contributed by atoms with Crippen LogP contribution in [0.4, 0.5) is 0 Å². The number of benzene rings is 1. The number of furan rings is 1. The molecular formula is C20H20BrNO5. The van der Waals surface area contributed by atoms with E-state index in [1.165, 1.54) is 6.26 Å². The number of cyclic esters (lactones) is 1. The molecule has 0 bridgehead atoms. The van der Waals surface area contributed by atoms with Gasteiger partial charge < -0.3 is 18.6 Å². The predicted octanol–water partition coefficient (Wildman–Crippen LogP) is 4.96. The Hall–Kier alpha value is -2.54. The number of esters is 1. The minimum atomic E-state index is -0.529. The van der Waals surface area contributed by atoms with Gasteiger partial charge in [0.25, 0.3) is 5.90 Å². The van der Waals surface area contributed by atoms with Crippen molar-refractivity contribution in [3.8, 4) is 11.5 Å². The van der Waals surface area contributed by atoms with Crippen LogP contribution < -0.4 is 9.47 Å². The van der Waals surface area contributed by atoms with Crippen molar-refractivity contribution in [1.29, 1.82) is 0 Å². The van der Waals surface area contributed by atoms with Gasteiger partial charge in [0.2, 0.25) is 0 Å². The van der Waals surface area contributed by atoms with Gasteiger partial charge in [0.05, 0.1) is 23.9 Å². The van der Waals surface area contributed by atoms with Crippen LogP contribution in [0.25, 0.3) is 6.08 Å². The zero-order valence-electron chi connectivity index (χ0n) is 15.2. The molecule has 0 aliphatic carbocycles. The van der Waals surface area contributed by atoms with Crippen LogP contribution in [0, 0.1) is 0 Å². The highest BCUT2D eigenvalue weighted by molar-refractivity contribution is 9.10. The van der Waals surface area contributed by atoms with Crippen molar-refractivity contribution in [2.24, 2.45) is 4.99 Å². The summed E-state index contributed by atoms with van der Waals surface area (Å²) in [6, 6.07) is 7.05. The zero-order chi connectivity index (χ0) is 19.2. The number of halogens is 1. The van der Waals surface area contributed by atoms with E-state index < -0.39 is 5.97 Å². The number of nitrogens with zero attached hydrogens (tertiary/aromatic N) is 1. The molecule has 3 rings (SSSR count). The Bertz CT molecular complexity index is 871. The average Bonchev–Trinajstić information content (AvgIpc) is 3.28. The summed E-state index contributed by atoms with van der Waals surface area (Å²) in [7, 11) is 0. The molecule has 0 N–H and O–H groups in total. The minimum Gasteiger partial charge on any atom is -0.490 e. The molecule has 0 radical (unpaired) electrons. The highest BCUT2D eigenvalue weighted by Crippen LogP contribution is 2.38. The van der Waals surface area contributed by atoms with Crippen LogP contribution in [-0.2, 0) is 9.53 Å². The van der Waals surface area contributed by atoms with Crippen LogP contribution in [0.15, 0.2) is 50.1 Å². The van der Waals surface area contributed by atoms with Crippen molar-refractivity contribution < 1.29 is 23.4 Å². The molecule has 2 heterocycles. The molecule has 0 saturated heterocycles. The lowest BCUT2D eigenvalue weighted by molar-refractivity contribution is -0.130. The maximum absolute atomic E-state index is 12.1. The maximum atomic E-state index is 12.1. The Morgan fingerprint density at radius 3 is 2.81 bits per heavy atom. The molecule has 1 aliphatic rings. The van der Waals surface area contributed by atoms with Crippen LogP contribution >= 0.6 is 15.9 Å². The predicted molar refractivity (Wildman–Crippen MR) is 105 cm³/mol. The molecule has 1 aromatic heterocycles. The van der Waals surface area contributed by atoms with Crippen LogP contribution in [-0.4, -0.2) is 25.1 Å². The maximum Gasteiger partial charge on any atom is 0.363 e. The van der Waals surface area contributed by atoms with Crippen molar-refractivity contribution in [3.05, 3.63) is 52.0 Å². The monoisotopic (exact) mass is 433 g/mol. The number of carbonyl (C=O) groups excluding carboxylic acids is 1. The fourth-order valence-corrected chi connectivity index (χ4v) is 3.04. The van der Waals surface area contributed by atoms with Gasteiger partial charge in [-0.15, -0.1) is 0 Å². The topological polar surface area (TPSA) is 70.3 Å². The summed E-state index contributed by atoms with van der Waals surface area (Å²) in [5.41, 5.74) is 0.931. The third-order valence-corrected chi connectivity index (χ3v) is 4.32. The molecule has 142 valence electrons. The molecule has 1 aromatic carbocycles. The van der Waals surface area contributed by atoms with Gasteiger partial charge in [-0.3, -0.25) is 0 Å². The first kappa shape index (κ1) is 19.2. The number of hydrogen-bond donors (Lipinski definition) is 0. The molecule has 0 atom stereocenters. The molecular weight excluding hydrogens is 414 g/mol. The van der Waals surface area contributed by atoms with Crippen LogP contribution in [0.3, 0.4) is 0 Å². The second-order valence-corrected chi connectivity index (χ2v) is 6.63. The fraction of sp³-hybridized carbons (Fsp3) is 0.300. The Kier molecular flexibility index (Phi) is 6.34. The van der Waals surface area contributed by atoms with Gasteiger partial charge in [0.1, 0.15) is 0 Å². The molecule has 27 heavy (non-hydrogen) atoms. The van der Waals surface area contributed by atoms with Gasteiger partial charge in [-0.2, -0.15) is 0 Å². The Morgan fingerprint density at radius 2 is 2.11 bits per heavy atom. The third kappa shape index (κ3) is 4.60. The van der Waals surface area contributed by atoms with E-state index >= 15 is 0 Å². The second-order valence-electron chi connectivity index (χ2n) is 5.78. The van der Waals surface area contributed by atoms with E-state index in [2.05, 4.69) is 27.8 Å². The normalized spacial score (nSPS) is 15.0.